The molecule has 2 aliphatic carbocycles. The minimum atomic E-state index is -0.358. The van der Waals surface area contributed by atoms with E-state index in [9.17, 15) is 9.59 Å². The molecule has 0 saturated heterocycles. The number of methoxy groups -OCH3 is 1. The summed E-state index contributed by atoms with van der Waals surface area (Å²) in [5, 5.41) is 8.18. The van der Waals surface area contributed by atoms with Crippen LogP contribution in [-0.2, 0) is 4.74 Å². The number of esters is 1. The van der Waals surface area contributed by atoms with E-state index in [0.29, 0.717) is 39.9 Å². The molecule has 1 aromatic heterocycles. The van der Waals surface area contributed by atoms with Gasteiger partial charge < -0.3 is 10.1 Å². The normalized spacial score (nSPS) is 26.4. The zero-order chi connectivity index (χ0) is 19.8. The Labute approximate surface area is 169 Å². The molecule has 1 heterocycles. The van der Waals surface area contributed by atoms with Gasteiger partial charge in [0.05, 0.1) is 24.9 Å². The Bertz CT molecular complexity index is 867. The number of benzene rings is 1. The van der Waals surface area contributed by atoms with E-state index >= 15 is 0 Å². The monoisotopic (exact) mass is 401 g/mol. The maximum atomic E-state index is 12.5. The van der Waals surface area contributed by atoms with Gasteiger partial charge in [0.2, 0.25) is 0 Å². The molecule has 148 valence electrons. The van der Waals surface area contributed by atoms with Gasteiger partial charge in [0.25, 0.3) is 5.91 Å². The van der Waals surface area contributed by atoms with Crippen molar-refractivity contribution in [3.8, 4) is 0 Å². The third-order valence-corrected chi connectivity index (χ3v) is 6.46. The van der Waals surface area contributed by atoms with Crippen LogP contribution in [0.2, 0.25) is 5.02 Å². The van der Waals surface area contributed by atoms with Crippen molar-refractivity contribution in [2.75, 3.05) is 7.11 Å². The largest absolute Gasteiger partial charge is 0.465 e. The van der Waals surface area contributed by atoms with Crippen molar-refractivity contribution in [1.29, 1.82) is 0 Å². The lowest BCUT2D eigenvalue weighted by molar-refractivity contribution is 0.0600. The molecule has 2 aliphatic rings. The third kappa shape index (κ3) is 3.53. The second-order valence-electron chi connectivity index (χ2n) is 7.73. The van der Waals surface area contributed by atoms with E-state index in [1.807, 2.05) is 4.68 Å². The van der Waals surface area contributed by atoms with Crippen molar-refractivity contribution in [3.05, 3.63) is 52.8 Å². The summed E-state index contributed by atoms with van der Waals surface area (Å²) in [4.78, 5) is 24.2. The van der Waals surface area contributed by atoms with Gasteiger partial charge in [0, 0.05) is 22.8 Å². The molecule has 1 amide bonds. The molecule has 1 N–H and O–H groups in total. The maximum Gasteiger partial charge on any atom is 0.341 e. The molecule has 4 rings (SSSR count). The Morgan fingerprint density at radius 3 is 2.54 bits per heavy atom. The predicted octanol–water partition coefficient (Wildman–Crippen LogP) is 3.73. The van der Waals surface area contributed by atoms with Crippen molar-refractivity contribution < 1.29 is 14.3 Å². The molecule has 7 heteroatoms. The lowest BCUT2D eigenvalue weighted by Crippen LogP contribution is -2.37. The molecule has 6 nitrogen and oxygen atoms in total. The summed E-state index contributed by atoms with van der Waals surface area (Å²) in [7, 11) is 1.37. The number of nitrogens with zero attached hydrogens (tertiary/aromatic N) is 2. The van der Waals surface area contributed by atoms with Crippen LogP contribution in [0.3, 0.4) is 0 Å². The van der Waals surface area contributed by atoms with E-state index in [2.05, 4.69) is 17.3 Å². The van der Waals surface area contributed by atoms with E-state index in [0.717, 1.165) is 19.3 Å². The summed E-state index contributed by atoms with van der Waals surface area (Å²) < 4.78 is 6.64. The molecule has 2 unspecified atom stereocenters. The maximum absolute atomic E-state index is 12.5. The molecule has 0 aliphatic heterocycles. The van der Waals surface area contributed by atoms with Crippen LogP contribution in [0.4, 0.5) is 0 Å². The molecular weight excluding hydrogens is 378 g/mol. The third-order valence-electron chi connectivity index (χ3n) is 6.21. The number of ether oxygens (including phenoxy) is 1. The van der Waals surface area contributed by atoms with Crippen LogP contribution >= 0.6 is 11.6 Å². The Hall–Kier alpha value is -2.34. The van der Waals surface area contributed by atoms with Gasteiger partial charge in [-0.1, -0.05) is 18.5 Å². The number of carbonyl (C=O) groups is 2. The van der Waals surface area contributed by atoms with Crippen LogP contribution < -0.4 is 5.32 Å². The average Bonchev–Trinajstić information content (AvgIpc) is 3.09. The second-order valence-corrected chi connectivity index (χ2v) is 8.16. The molecule has 2 saturated carbocycles. The zero-order valence-corrected chi connectivity index (χ0v) is 16.7. The predicted molar refractivity (Wildman–Crippen MR) is 105 cm³/mol. The Kier molecular flexibility index (Phi) is 5.15. The minimum Gasteiger partial charge on any atom is -0.465 e. The number of amides is 1. The van der Waals surface area contributed by atoms with Crippen molar-refractivity contribution >= 4 is 23.5 Å². The second kappa shape index (κ2) is 7.59. The highest BCUT2D eigenvalue weighted by Gasteiger charge is 2.59. The molecule has 2 fully saturated rings. The van der Waals surface area contributed by atoms with Gasteiger partial charge in [0.1, 0.15) is 0 Å². The van der Waals surface area contributed by atoms with Gasteiger partial charge in [-0.3, -0.25) is 9.48 Å². The van der Waals surface area contributed by atoms with Gasteiger partial charge in [-0.2, -0.15) is 5.10 Å². The first-order valence-corrected chi connectivity index (χ1v) is 10.1. The number of carbonyl (C=O) groups excluding carboxylic acids is 2. The number of hydrogen-bond donors (Lipinski definition) is 1. The topological polar surface area (TPSA) is 73.2 Å². The van der Waals surface area contributed by atoms with Crippen LogP contribution in [0.1, 0.15) is 52.9 Å². The summed E-state index contributed by atoms with van der Waals surface area (Å²) >= 11 is 5.90. The molecule has 0 bridgehead atoms. The van der Waals surface area contributed by atoms with E-state index < -0.39 is 0 Å². The van der Waals surface area contributed by atoms with Crippen molar-refractivity contribution in [3.63, 3.8) is 0 Å². The molecule has 0 radical (unpaired) electrons. The van der Waals surface area contributed by atoms with Gasteiger partial charge in [0.15, 0.2) is 0 Å². The number of hydrogen-bond acceptors (Lipinski definition) is 4. The van der Waals surface area contributed by atoms with Gasteiger partial charge >= 0.3 is 5.97 Å². The summed E-state index contributed by atoms with van der Waals surface area (Å²) in [5.74, 6) is 1.33. The highest BCUT2D eigenvalue weighted by atomic mass is 35.5. The van der Waals surface area contributed by atoms with Crippen molar-refractivity contribution in [1.82, 2.24) is 15.1 Å². The van der Waals surface area contributed by atoms with Crippen LogP contribution in [0.5, 0.6) is 0 Å². The van der Waals surface area contributed by atoms with E-state index in [1.165, 1.54) is 7.11 Å². The highest BCUT2D eigenvalue weighted by molar-refractivity contribution is 6.30. The minimum absolute atomic E-state index is 0.0418. The molecule has 0 spiro atoms. The lowest BCUT2D eigenvalue weighted by atomic mass is 9.99. The zero-order valence-electron chi connectivity index (χ0n) is 16.0. The first-order chi connectivity index (χ1) is 13.5. The van der Waals surface area contributed by atoms with Crippen LogP contribution in [0, 0.1) is 17.8 Å². The number of fused-ring (bicyclic) bond motifs is 1. The Balaban J connectivity index is 1.35. The van der Waals surface area contributed by atoms with Gasteiger partial charge in [-0.15, -0.1) is 0 Å². The van der Waals surface area contributed by atoms with Gasteiger partial charge in [-0.05, 0) is 61.3 Å². The number of rotatable bonds is 6. The van der Waals surface area contributed by atoms with Gasteiger partial charge in [-0.25, -0.2) is 4.79 Å². The summed E-state index contributed by atoms with van der Waals surface area (Å²) in [6.07, 6.45) is 6.32. The fraction of sp³-hybridized carbons (Fsp3) is 0.476. The van der Waals surface area contributed by atoms with Crippen LogP contribution in [0.25, 0.3) is 0 Å². The fourth-order valence-corrected chi connectivity index (χ4v) is 4.89. The standard InChI is InChI=1S/C21H24ClN3O3/c1-3-18(24-20(26)12-4-6-14(22)7-5-12)19-16-8-15(9-17(16)19)25-11-13(10-23-25)21(27)28-2/h4-7,10-11,15-19H,3,8-9H2,1-2H3,(H,24,26)/t15?,16?,17?,18-,19?/m1/s1. The molecule has 3 atom stereocenters. The SMILES string of the molecule is CC[C@@H](NC(=O)c1ccc(Cl)cc1)C1C2CC(n3cc(C(=O)OC)cn3)CC21. The molecule has 1 aromatic carbocycles. The smallest absolute Gasteiger partial charge is 0.341 e. The van der Waals surface area contributed by atoms with E-state index in [-0.39, 0.29) is 17.9 Å². The van der Waals surface area contributed by atoms with Crippen LogP contribution in [-0.4, -0.2) is 34.8 Å². The quantitative estimate of drug-likeness (QED) is 0.748. The highest BCUT2D eigenvalue weighted by Crippen LogP contribution is 2.62. The number of nitrogens with one attached hydrogen (secondary N) is 1. The summed E-state index contributed by atoms with van der Waals surface area (Å²) in [5.41, 5.74) is 1.12. The lowest BCUT2D eigenvalue weighted by Gasteiger charge is -2.21. The molecule has 2 aromatic rings. The average molecular weight is 402 g/mol. The summed E-state index contributed by atoms with van der Waals surface area (Å²) in [6.45, 7) is 2.12. The number of halogens is 1. The van der Waals surface area contributed by atoms with E-state index in [4.69, 9.17) is 16.3 Å². The fourth-order valence-electron chi connectivity index (χ4n) is 4.76. The Morgan fingerprint density at radius 1 is 1.25 bits per heavy atom. The number of aromatic nitrogens is 2. The Morgan fingerprint density at radius 2 is 1.93 bits per heavy atom. The first-order valence-electron chi connectivity index (χ1n) is 9.70. The summed E-state index contributed by atoms with van der Waals surface area (Å²) in [6, 6.07) is 7.48. The van der Waals surface area contributed by atoms with E-state index in [1.54, 1.807) is 36.7 Å². The van der Waals surface area contributed by atoms with Crippen molar-refractivity contribution in [2.45, 2.75) is 38.3 Å². The molecule has 28 heavy (non-hydrogen) atoms. The first kappa shape index (κ1) is 19.0. The van der Waals surface area contributed by atoms with Crippen molar-refractivity contribution in [2.24, 2.45) is 17.8 Å². The molecular formula is C21H24ClN3O3. The van der Waals surface area contributed by atoms with Crippen LogP contribution in [0.15, 0.2) is 36.7 Å².